The van der Waals surface area contributed by atoms with E-state index in [2.05, 4.69) is 96.1 Å². The van der Waals surface area contributed by atoms with Crippen molar-refractivity contribution in [3.8, 4) is 11.4 Å². The van der Waals surface area contributed by atoms with Crippen LogP contribution in [-0.2, 0) is 19.0 Å². The molecule has 33 heavy (non-hydrogen) atoms. The molecule has 1 N–H and O–H groups in total. The smallest absolute Gasteiger partial charge is 0.138 e. The summed E-state index contributed by atoms with van der Waals surface area (Å²) in [6.07, 6.45) is 0. The molecular formula is C27H34N6. The minimum absolute atomic E-state index is 0.150. The van der Waals surface area contributed by atoms with Crippen LogP contribution in [0.2, 0.25) is 0 Å². The number of nitrogens with one attached hydrogen (secondary N) is 1. The van der Waals surface area contributed by atoms with Crippen molar-refractivity contribution < 1.29 is 0 Å². The van der Waals surface area contributed by atoms with Crippen LogP contribution in [0, 0.1) is 6.92 Å². The zero-order valence-electron chi connectivity index (χ0n) is 20.4. The van der Waals surface area contributed by atoms with Crippen LogP contribution in [-0.4, -0.2) is 50.8 Å². The molecule has 0 unspecified atom stereocenters. The highest BCUT2D eigenvalue weighted by Crippen LogP contribution is 2.30. The Kier molecular flexibility index (Phi) is 5.49. The van der Waals surface area contributed by atoms with Crippen LogP contribution in [0.3, 0.4) is 0 Å². The normalized spacial score (nSPS) is 15.5. The number of hydrogen-bond acceptors (Lipinski definition) is 4. The first-order valence-corrected chi connectivity index (χ1v) is 11.8. The van der Waals surface area contributed by atoms with Gasteiger partial charge in [0, 0.05) is 51.0 Å². The van der Waals surface area contributed by atoms with Crippen LogP contribution in [0.15, 0.2) is 48.5 Å². The SMILES string of the molecule is Cc1cc(CN2CCN(c3cccc4[nH]c(-c5ccc(C(C)(C)C)cc5)nc34)CC2)nn1C. The molecule has 3 heterocycles. The number of anilines is 1. The lowest BCUT2D eigenvalue weighted by atomic mass is 9.87. The van der Waals surface area contributed by atoms with E-state index in [0.29, 0.717) is 0 Å². The summed E-state index contributed by atoms with van der Waals surface area (Å²) >= 11 is 0. The molecule has 0 atom stereocenters. The van der Waals surface area contributed by atoms with E-state index in [-0.39, 0.29) is 5.41 Å². The van der Waals surface area contributed by atoms with Gasteiger partial charge in [0.25, 0.3) is 0 Å². The highest BCUT2D eigenvalue weighted by atomic mass is 15.3. The summed E-state index contributed by atoms with van der Waals surface area (Å²) < 4.78 is 1.96. The highest BCUT2D eigenvalue weighted by molar-refractivity contribution is 5.91. The molecule has 1 aliphatic rings. The maximum atomic E-state index is 5.03. The molecule has 1 saturated heterocycles. The molecule has 6 heteroatoms. The van der Waals surface area contributed by atoms with Crippen molar-refractivity contribution in [1.29, 1.82) is 0 Å². The monoisotopic (exact) mass is 442 g/mol. The number of aromatic nitrogens is 4. The van der Waals surface area contributed by atoms with Crippen LogP contribution in [0.5, 0.6) is 0 Å². The predicted molar refractivity (Wildman–Crippen MR) is 136 cm³/mol. The van der Waals surface area contributed by atoms with Crippen molar-refractivity contribution in [2.24, 2.45) is 7.05 Å². The van der Waals surface area contributed by atoms with Crippen molar-refractivity contribution in [1.82, 2.24) is 24.6 Å². The Morgan fingerprint density at radius 3 is 2.33 bits per heavy atom. The summed E-state index contributed by atoms with van der Waals surface area (Å²) in [4.78, 5) is 13.5. The van der Waals surface area contributed by atoms with E-state index < -0.39 is 0 Å². The standard InChI is InChI=1S/C27H34N6/c1-19-17-22(30-31(19)5)18-32-13-15-33(16-14-32)24-8-6-7-23-25(24)29-26(28-23)20-9-11-21(12-10-20)27(2,3)4/h6-12,17H,13-16,18H2,1-5H3,(H,28,29). The molecule has 0 aliphatic carbocycles. The zero-order chi connectivity index (χ0) is 23.2. The zero-order valence-corrected chi connectivity index (χ0v) is 20.4. The summed E-state index contributed by atoms with van der Waals surface area (Å²) in [6, 6.07) is 17.4. The second-order valence-corrected chi connectivity index (χ2v) is 10.2. The molecule has 1 fully saturated rings. The number of imidazole rings is 1. The fourth-order valence-electron chi connectivity index (χ4n) is 4.63. The van der Waals surface area contributed by atoms with Crippen LogP contribution < -0.4 is 4.90 Å². The minimum Gasteiger partial charge on any atom is -0.367 e. The van der Waals surface area contributed by atoms with Gasteiger partial charge in [-0.05, 0) is 36.1 Å². The van der Waals surface area contributed by atoms with Gasteiger partial charge in [-0.15, -0.1) is 0 Å². The van der Waals surface area contributed by atoms with E-state index in [4.69, 9.17) is 4.98 Å². The van der Waals surface area contributed by atoms with Gasteiger partial charge in [0.05, 0.1) is 16.9 Å². The van der Waals surface area contributed by atoms with Crippen molar-refractivity contribution >= 4 is 16.7 Å². The summed E-state index contributed by atoms with van der Waals surface area (Å²) in [6.45, 7) is 13.8. The quantitative estimate of drug-likeness (QED) is 0.489. The number of aryl methyl sites for hydroxylation is 2. The fraction of sp³-hybridized carbons (Fsp3) is 0.407. The molecule has 2 aromatic carbocycles. The third kappa shape index (κ3) is 4.40. The van der Waals surface area contributed by atoms with E-state index in [1.165, 1.54) is 16.9 Å². The number of benzene rings is 2. The molecule has 5 rings (SSSR count). The first kappa shape index (κ1) is 21.7. The minimum atomic E-state index is 0.150. The average molecular weight is 443 g/mol. The molecular weight excluding hydrogens is 408 g/mol. The molecule has 0 saturated carbocycles. The van der Waals surface area contributed by atoms with E-state index >= 15 is 0 Å². The van der Waals surface area contributed by atoms with Crippen molar-refractivity contribution in [3.05, 3.63) is 65.5 Å². The third-order valence-corrected chi connectivity index (χ3v) is 6.78. The lowest BCUT2D eigenvalue weighted by molar-refractivity contribution is 0.246. The summed E-state index contributed by atoms with van der Waals surface area (Å²) in [5.41, 5.74) is 8.33. The van der Waals surface area contributed by atoms with Gasteiger partial charge >= 0.3 is 0 Å². The lowest BCUT2D eigenvalue weighted by Crippen LogP contribution is -2.46. The Morgan fingerprint density at radius 1 is 0.970 bits per heavy atom. The van der Waals surface area contributed by atoms with E-state index in [1.54, 1.807) is 0 Å². The van der Waals surface area contributed by atoms with Gasteiger partial charge in [-0.3, -0.25) is 9.58 Å². The van der Waals surface area contributed by atoms with E-state index in [0.717, 1.165) is 60.8 Å². The van der Waals surface area contributed by atoms with Gasteiger partial charge < -0.3 is 9.88 Å². The molecule has 2 aromatic heterocycles. The molecule has 172 valence electrons. The van der Waals surface area contributed by atoms with Gasteiger partial charge in [0.2, 0.25) is 0 Å². The van der Waals surface area contributed by atoms with Crippen molar-refractivity contribution in [3.63, 3.8) is 0 Å². The highest BCUT2D eigenvalue weighted by Gasteiger charge is 2.21. The molecule has 6 nitrogen and oxygen atoms in total. The van der Waals surface area contributed by atoms with Gasteiger partial charge in [-0.25, -0.2) is 4.98 Å². The molecule has 0 bridgehead atoms. The van der Waals surface area contributed by atoms with Gasteiger partial charge in [0.1, 0.15) is 11.3 Å². The molecule has 0 radical (unpaired) electrons. The predicted octanol–water partition coefficient (Wildman–Crippen LogP) is 4.89. The number of fused-ring (bicyclic) bond motifs is 1. The maximum absolute atomic E-state index is 5.03. The second kappa shape index (κ2) is 8.34. The summed E-state index contributed by atoms with van der Waals surface area (Å²) in [5.74, 6) is 0.932. The molecule has 4 aromatic rings. The Hall–Kier alpha value is -3.12. The summed E-state index contributed by atoms with van der Waals surface area (Å²) in [5, 5.41) is 4.62. The average Bonchev–Trinajstić information content (AvgIpc) is 3.36. The number of para-hydroxylation sites is 1. The topological polar surface area (TPSA) is 53.0 Å². The van der Waals surface area contributed by atoms with Crippen LogP contribution in [0.25, 0.3) is 22.4 Å². The maximum Gasteiger partial charge on any atom is 0.138 e. The number of rotatable bonds is 4. The molecule has 0 amide bonds. The van der Waals surface area contributed by atoms with Crippen molar-refractivity contribution in [2.75, 3.05) is 31.1 Å². The molecule has 1 aliphatic heterocycles. The van der Waals surface area contributed by atoms with Gasteiger partial charge in [-0.1, -0.05) is 51.1 Å². The van der Waals surface area contributed by atoms with Crippen molar-refractivity contribution in [2.45, 2.75) is 39.7 Å². The number of piperazine rings is 1. The largest absolute Gasteiger partial charge is 0.367 e. The first-order valence-electron chi connectivity index (χ1n) is 11.8. The number of hydrogen-bond donors (Lipinski definition) is 1. The van der Waals surface area contributed by atoms with Crippen LogP contribution in [0.1, 0.15) is 37.7 Å². The van der Waals surface area contributed by atoms with Gasteiger partial charge in [0.15, 0.2) is 0 Å². The number of H-pyrrole nitrogens is 1. The number of nitrogens with zero attached hydrogens (tertiary/aromatic N) is 5. The molecule has 0 spiro atoms. The second-order valence-electron chi connectivity index (χ2n) is 10.2. The Morgan fingerprint density at radius 2 is 1.70 bits per heavy atom. The van der Waals surface area contributed by atoms with Gasteiger partial charge in [-0.2, -0.15) is 5.10 Å². The number of aromatic amines is 1. The van der Waals surface area contributed by atoms with E-state index in [9.17, 15) is 0 Å². The first-order chi connectivity index (χ1) is 15.8. The Bertz CT molecular complexity index is 1230. The Balaban J connectivity index is 1.33. The lowest BCUT2D eigenvalue weighted by Gasteiger charge is -2.35. The van der Waals surface area contributed by atoms with Crippen LogP contribution >= 0.6 is 0 Å². The summed E-state index contributed by atoms with van der Waals surface area (Å²) in [7, 11) is 2.01. The van der Waals surface area contributed by atoms with Crippen LogP contribution in [0.4, 0.5) is 5.69 Å². The fourth-order valence-corrected chi connectivity index (χ4v) is 4.63. The third-order valence-electron chi connectivity index (χ3n) is 6.78. The Labute approximate surface area is 196 Å². The van der Waals surface area contributed by atoms with E-state index in [1.807, 2.05) is 11.7 Å².